The molecule has 13 heavy (non-hydrogen) atoms. The number of nitrogens with zero attached hydrogens (tertiary/aromatic N) is 2. The number of nitrogens with two attached hydrogens (primary N) is 1. The van der Waals surface area contributed by atoms with E-state index in [0.717, 1.165) is 11.4 Å². The molecular weight excluding hydrogens is 166 g/mol. The predicted octanol–water partition coefficient (Wildman–Crippen LogP) is 0.580. The summed E-state index contributed by atoms with van der Waals surface area (Å²) in [6.07, 6.45) is 2.13. The van der Waals surface area contributed by atoms with Crippen LogP contribution in [-0.2, 0) is 11.3 Å². The first-order valence-corrected chi connectivity index (χ1v) is 4.20. The van der Waals surface area contributed by atoms with E-state index in [0.29, 0.717) is 13.0 Å². The van der Waals surface area contributed by atoms with E-state index in [-0.39, 0.29) is 5.91 Å². The Kier molecular flexibility index (Phi) is 3.06. The SMILES string of the molecule is Cc1cc(C)n(C[CH]CC(N)=O)n1. The van der Waals surface area contributed by atoms with Crippen LogP contribution in [0.25, 0.3) is 0 Å². The monoisotopic (exact) mass is 180 g/mol. The molecule has 1 rings (SSSR count). The molecule has 4 heteroatoms. The summed E-state index contributed by atoms with van der Waals surface area (Å²) in [6.45, 7) is 4.57. The zero-order valence-electron chi connectivity index (χ0n) is 7.95. The van der Waals surface area contributed by atoms with Crippen LogP contribution in [0.3, 0.4) is 0 Å². The van der Waals surface area contributed by atoms with Crippen LogP contribution in [0.5, 0.6) is 0 Å². The van der Waals surface area contributed by atoms with Crippen LogP contribution in [-0.4, -0.2) is 15.7 Å². The number of amides is 1. The van der Waals surface area contributed by atoms with Gasteiger partial charge in [0.2, 0.25) is 5.91 Å². The fraction of sp³-hybridized carbons (Fsp3) is 0.444. The van der Waals surface area contributed by atoms with Gasteiger partial charge < -0.3 is 5.73 Å². The first-order valence-electron chi connectivity index (χ1n) is 4.20. The smallest absolute Gasteiger partial charge is 0.217 e. The maximum absolute atomic E-state index is 10.4. The molecule has 2 N–H and O–H groups in total. The number of rotatable bonds is 4. The van der Waals surface area contributed by atoms with E-state index in [9.17, 15) is 4.79 Å². The largest absolute Gasteiger partial charge is 0.370 e. The van der Waals surface area contributed by atoms with Gasteiger partial charge >= 0.3 is 0 Å². The molecule has 1 heterocycles. The fourth-order valence-electron chi connectivity index (χ4n) is 1.19. The Balaban J connectivity index is 2.45. The first kappa shape index (κ1) is 9.77. The summed E-state index contributed by atoms with van der Waals surface area (Å²) in [5.41, 5.74) is 7.09. The van der Waals surface area contributed by atoms with Crippen LogP contribution < -0.4 is 5.73 Å². The van der Waals surface area contributed by atoms with E-state index in [4.69, 9.17) is 5.73 Å². The number of hydrogen-bond acceptors (Lipinski definition) is 2. The highest BCUT2D eigenvalue weighted by atomic mass is 16.1. The standard InChI is InChI=1S/C9H14N3O/c1-7-6-8(2)12(11-7)5-3-4-9(10)13/h3,6H,4-5H2,1-2H3,(H2,10,13). The third-order valence-electron chi connectivity index (χ3n) is 1.75. The van der Waals surface area contributed by atoms with Crippen molar-refractivity contribution in [3.05, 3.63) is 23.9 Å². The van der Waals surface area contributed by atoms with Gasteiger partial charge in [-0.3, -0.25) is 9.48 Å². The van der Waals surface area contributed by atoms with Crippen molar-refractivity contribution in [2.24, 2.45) is 5.73 Å². The number of aromatic nitrogens is 2. The highest BCUT2D eigenvalue weighted by Gasteiger charge is 2.01. The van der Waals surface area contributed by atoms with Crippen LogP contribution in [0.2, 0.25) is 0 Å². The summed E-state index contributed by atoms with van der Waals surface area (Å²) < 4.78 is 1.85. The molecule has 0 aromatic carbocycles. The van der Waals surface area contributed by atoms with Crippen molar-refractivity contribution in [2.75, 3.05) is 0 Å². The summed E-state index contributed by atoms with van der Waals surface area (Å²) in [4.78, 5) is 10.4. The van der Waals surface area contributed by atoms with E-state index in [2.05, 4.69) is 5.10 Å². The summed E-state index contributed by atoms with van der Waals surface area (Å²) >= 11 is 0. The second kappa shape index (κ2) is 4.07. The van der Waals surface area contributed by atoms with Crippen LogP contribution in [0.15, 0.2) is 6.07 Å². The highest BCUT2D eigenvalue weighted by molar-refractivity contribution is 5.74. The van der Waals surface area contributed by atoms with Crippen molar-refractivity contribution in [3.8, 4) is 0 Å². The van der Waals surface area contributed by atoms with Gasteiger partial charge in [0.15, 0.2) is 0 Å². The molecule has 0 atom stereocenters. The molecular formula is C9H14N3O. The molecule has 0 unspecified atom stereocenters. The van der Waals surface area contributed by atoms with Gasteiger partial charge in [-0.1, -0.05) is 0 Å². The second-order valence-electron chi connectivity index (χ2n) is 3.07. The van der Waals surface area contributed by atoms with Gasteiger partial charge in [-0.2, -0.15) is 5.10 Å². The molecule has 0 fully saturated rings. The zero-order valence-corrected chi connectivity index (χ0v) is 7.95. The van der Waals surface area contributed by atoms with Crippen molar-refractivity contribution >= 4 is 5.91 Å². The van der Waals surface area contributed by atoms with E-state index < -0.39 is 0 Å². The molecule has 71 valence electrons. The summed E-state index contributed by atoms with van der Waals surface area (Å²) in [7, 11) is 0. The van der Waals surface area contributed by atoms with Gasteiger partial charge in [0.25, 0.3) is 0 Å². The van der Waals surface area contributed by atoms with Gasteiger partial charge in [-0.25, -0.2) is 0 Å². The lowest BCUT2D eigenvalue weighted by atomic mass is 10.3. The van der Waals surface area contributed by atoms with Crippen molar-refractivity contribution in [1.29, 1.82) is 0 Å². The Morgan fingerprint density at radius 3 is 2.85 bits per heavy atom. The fourth-order valence-corrected chi connectivity index (χ4v) is 1.19. The van der Waals surface area contributed by atoms with Crippen molar-refractivity contribution in [2.45, 2.75) is 26.8 Å². The Labute approximate surface area is 77.7 Å². The normalized spacial score (nSPS) is 10.3. The van der Waals surface area contributed by atoms with Crippen molar-refractivity contribution < 1.29 is 4.79 Å². The van der Waals surface area contributed by atoms with Crippen LogP contribution in [0.1, 0.15) is 17.8 Å². The third kappa shape index (κ3) is 2.89. The van der Waals surface area contributed by atoms with Crippen LogP contribution in [0.4, 0.5) is 0 Å². The summed E-state index contributed by atoms with van der Waals surface area (Å²) in [5, 5.41) is 4.24. The van der Waals surface area contributed by atoms with Crippen molar-refractivity contribution in [3.63, 3.8) is 0 Å². The zero-order chi connectivity index (χ0) is 9.84. The van der Waals surface area contributed by atoms with Crippen molar-refractivity contribution in [1.82, 2.24) is 9.78 Å². The lowest BCUT2D eigenvalue weighted by Gasteiger charge is -2.01. The minimum absolute atomic E-state index is 0.304. The minimum Gasteiger partial charge on any atom is -0.370 e. The number of carbonyl (C=O) groups excluding carboxylic acids is 1. The van der Waals surface area contributed by atoms with E-state index >= 15 is 0 Å². The van der Waals surface area contributed by atoms with E-state index in [1.165, 1.54) is 0 Å². The number of carbonyl (C=O) groups is 1. The van der Waals surface area contributed by atoms with Gasteiger partial charge in [-0.05, 0) is 26.3 Å². The highest BCUT2D eigenvalue weighted by Crippen LogP contribution is 2.02. The number of primary amides is 1. The van der Waals surface area contributed by atoms with Gasteiger partial charge in [-0.15, -0.1) is 0 Å². The average Bonchev–Trinajstić information content (AvgIpc) is 2.29. The van der Waals surface area contributed by atoms with Gasteiger partial charge in [0, 0.05) is 18.7 Å². The van der Waals surface area contributed by atoms with E-state index in [1.807, 2.05) is 31.0 Å². The molecule has 1 aromatic heterocycles. The summed E-state index contributed by atoms with van der Waals surface area (Å²) in [6, 6.07) is 2.00. The predicted molar refractivity (Wildman–Crippen MR) is 49.8 cm³/mol. The van der Waals surface area contributed by atoms with E-state index in [1.54, 1.807) is 0 Å². The Hall–Kier alpha value is -1.32. The molecule has 0 aliphatic carbocycles. The van der Waals surface area contributed by atoms with Crippen LogP contribution >= 0.6 is 0 Å². The average molecular weight is 180 g/mol. The lowest BCUT2D eigenvalue weighted by molar-refractivity contribution is -0.117. The molecule has 1 amide bonds. The van der Waals surface area contributed by atoms with Gasteiger partial charge in [0.1, 0.15) is 0 Å². The maximum Gasteiger partial charge on any atom is 0.217 e. The van der Waals surface area contributed by atoms with Crippen LogP contribution in [0, 0.1) is 20.3 Å². The number of hydrogen-bond donors (Lipinski definition) is 1. The lowest BCUT2D eigenvalue weighted by Crippen LogP contribution is -2.12. The molecule has 4 nitrogen and oxygen atoms in total. The quantitative estimate of drug-likeness (QED) is 0.736. The molecule has 0 saturated carbocycles. The topological polar surface area (TPSA) is 60.9 Å². The Morgan fingerprint density at radius 1 is 1.69 bits per heavy atom. The Bertz CT molecular complexity index is 304. The van der Waals surface area contributed by atoms with Gasteiger partial charge in [0.05, 0.1) is 5.69 Å². The number of aryl methyl sites for hydroxylation is 2. The minimum atomic E-state index is -0.304. The molecule has 0 aliphatic heterocycles. The first-order chi connectivity index (χ1) is 6.09. The summed E-state index contributed by atoms with van der Waals surface area (Å²) in [5.74, 6) is -0.304. The Morgan fingerprint density at radius 2 is 2.38 bits per heavy atom. The molecule has 1 radical (unpaired) electrons. The second-order valence-corrected chi connectivity index (χ2v) is 3.07. The maximum atomic E-state index is 10.4. The third-order valence-corrected chi connectivity index (χ3v) is 1.75. The molecule has 1 aromatic rings. The molecule has 0 spiro atoms. The molecule has 0 bridgehead atoms. The molecule has 0 saturated heterocycles. The molecule has 0 aliphatic rings.